The number of aromatic nitrogens is 3. The molecule has 0 unspecified atom stereocenters. The van der Waals surface area contributed by atoms with Gasteiger partial charge in [0.25, 0.3) is 5.91 Å². The highest BCUT2D eigenvalue weighted by molar-refractivity contribution is 6.04. The predicted octanol–water partition coefficient (Wildman–Crippen LogP) is 4.44. The second-order valence-corrected chi connectivity index (χ2v) is 5.80. The molecule has 0 bridgehead atoms. The van der Waals surface area contributed by atoms with E-state index in [-0.39, 0.29) is 11.4 Å². The molecule has 1 amide bonds. The predicted molar refractivity (Wildman–Crippen MR) is 96.1 cm³/mol. The molecular formula is C19H11F3N4O3. The fourth-order valence-corrected chi connectivity index (χ4v) is 2.52. The smallest absolute Gasteiger partial charge is 0.434 e. The molecular weight excluding hydrogens is 389 g/mol. The van der Waals surface area contributed by atoms with Gasteiger partial charge in [0.15, 0.2) is 11.2 Å². The Balaban J connectivity index is 1.51. The molecule has 0 saturated heterocycles. The van der Waals surface area contributed by atoms with Gasteiger partial charge in [0.1, 0.15) is 11.6 Å². The van der Waals surface area contributed by atoms with E-state index in [4.69, 9.17) is 4.42 Å². The van der Waals surface area contributed by atoms with Gasteiger partial charge >= 0.3 is 6.36 Å². The van der Waals surface area contributed by atoms with E-state index >= 15 is 0 Å². The first-order valence-electron chi connectivity index (χ1n) is 8.22. The van der Waals surface area contributed by atoms with Crippen LogP contribution in [0.3, 0.4) is 0 Å². The highest BCUT2D eigenvalue weighted by atomic mass is 19.4. The Morgan fingerprint density at radius 2 is 1.83 bits per heavy atom. The number of carbonyl (C=O) groups is 1. The lowest BCUT2D eigenvalue weighted by Crippen LogP contribution is -2.17. The van der Waals surface area contributed by atoms with E-state index in [1.807, 2.05) is 0 Å². The van der Waals surface area contributed by atoms with Crippen LogP contribution in [0.25, 0.3) is 22.7 Å². The van der Waals surface area contributed by atoms with Crippen molar-refractivity contribution in [3.05, 3.63) is 66.5 Å². The van der Waals surface area contributed by atoms with Gasteiger partial charge in [0.2, 0.25) is 5.89 Å². The molecule has 0 atom stereocenters. The summed E-state index contributed by atoms with van der Waals surface area (Å²) in [5, 5.41) is 2.57. The number of anilines is 1. The van der Waals surface area contributed by atoms with E-state index in [1.165, 1.54) is 18.3 Å². The van der Waals surface area contributed by atoms with Crippen LogP contribution in [-0.4, -0.2) is 27.2 Å². The molecule has 1 aromatic carbocycles. The maximum atomic E-state index is 12.3. The molecule has 29 heavy (non-hydrogen) atoms. The fourth-order valence-electron chi connectivity index (χ4n) is 2.52. The molecule has 0 aliphatic carbocycles. The lowest BCUT2D eigenvalue weighted by molar-refractivity contribution is -0.274. The number of alkyl halides is 3. The fraction of sp³-hybridized carbons (Fsp3) is 0.0526. The number of ether oxygens (including phenoxy) is 1. The molecule has 3 aromatic heterocycles. The normalized spacial score (nSPS) is 11.4. The summed E-state index contributed by atoms with van der Waals surface area (Å²) < 4.78 is 46.0. The molecule has 4 rings (SSSR count). The quantitative estimate of drug-likeness (QED) is 0.545. The standard InChI is InChI=1S/C19H11F3N4O3/c20-19(21,22)29-13-5-3-11(4-6-13)17(27)25-15-10-12(7-9-23-15)18-26-16-14(28-18)2-1-8-24-16/h1-10H,(H,23,25,27). The van der Waals surface area contributed by atoms with Gasteiger partial charge in [-0.25, -0.2) is 9.97 Å². The number of hydrogen-bond acceptors (Lipinski definition) is 6. The van der Waals surface area contributed by atoms with Crippen molar-refractivity contribution in [3.8, 4) is 17.2 Å². The van der Waals surface area contributed by atoms with Gasteiger partial charge in [-0.3, -0.25) is 4.79 Å². The lowest BCUT2D eigenvalue weighted by Gasteiger charge is -2.09. The summed E-state index contributed by atoms with van der Waals surface area (Å²) in [6.45, 7) is 0. The first-order valence-corrected chi connectivity index (χ1v) is 8.22. The topological polar surface area (TPSA) is 90.1 Å². The van der Waals surface area contributed by atoms with Gasteiger partial charge in [-0.2, -0.15) is 4.98 Å². The molecule has 0 aliphatic rings. The monoisotopic (exact) mass is 400 g/mol. The van der Waals surface area contributed by atoms with Crippen molar-refractivity contribution in [3.63, 3.8) is 0 Å². The van der Waals surface area contributed by atoms with Crippen molar-refractivity contribution in [1.82, 2.24) is 15.0 Å². The second-order valence-electron chi connectivity index (χ2n) is 5.80. The van der Waals surface area contributed by atoms with Crippen molar-refractivity contribution in [1.29, 1.82) is 0 Å². The third-order valence-corrected chi connectivity index (χ3v) is 3.76. The third-order valence-electron chi connectivity index (χ3n) is 3.76. The zero-order valence-corrected chi connectivity index (χ0v) is 14.5. The van der Waals surface area contributed by atoms with Gasteiger partial charge in [-0.15, -0.1) is 13.2 Å². The Morgan fingerprint density at radius 1 is 1.03 bits per heavy atom. The minimum absolute atomic E-state index is 0.137. The maximum Gasteiger partial charge on any atom is 0.573 e. The molecule has 3 heterocycles. The van der Waals surface area contributed by atoms with Crippen LogP contribution >= 0.6 is 0 Å². The summed E-state index contributed by atoms with van der Waals surface area (Å²) in [5.41, 5.74) is 1.68. The van der Waals surface area contributed by atoms with Gasteiger partial charge in [0, 0.05) is 23.5 Å². The minimum atomic E-state index is -4.80. The van der Waals surface area contributed by atoms with Crippen LogP contribution < -0.4 is 10.1 Å². The summed E-state index contributed by atoms with van der Waals surface area (Å²) >= 11 is 0. The number of carbonyl (C=O) groups excluding carboxylic acids is 1. The van der Waals surface area contributed by atoms with Crippen LogP contribution in [0, 0.1) is 0 Å². The van der Waals surface area contributed by atoms with Crippen LogP contribution in [0.2, 0.25) is 0 Å². The van der Waals surface area contributed by atoms with Crippen LogP contribution in [0.1, 0.15) is 10.4 Å². The number of halogens is 3. The van der Waals surface area contributed by atoms with Crippen molar-refractivity contribution >= 4 is 23.0 Å². The highest BCUT2D eigenvalue weighted by Gasteiger charge is 2.31. The molecule has 10 heteroatoms. The summed E-state index contributed by atoms with van der Waals surface area (Å²) in [7, 11) is 0. The SMILES string of the molecule is O=C(Nc1cc(-c2nc3ncccc3o2)ccn1)c1ccc(OC(F)(F)F)cc1. The molecule has 4 aromatic rings. The van der Waals surface area contributed by atoms with Gasteiger partial charge in [-0.05, 0) is 48.5 Å². The van der Waals surface area contributed by atoms with E-state index in [0.717, 1.165) is 12.1 Å². The first kappa shape index (κ1) is 18.4. The molecule has 7 nitrogen and oxygen atoms in total. The molecule has 1 N–H and O–H groups in total. The van der Waals surface area contributed by atoms with Crippen molar-refractivity contribution in [2.45, 2.75) is 6.36 Å². The molecule has 0 saturated carbocycles. The van der Waals surface area contributed by atoms with Gasteiger partial charge in [0.05, 0.1) is 0 Å². The molecule has 146 valence electrons. The van der Waals surface area contributed by atoms with Crippen molar-refractivity contribution in [2.75, 3.05) is 5.32 Å². The number of hydrogen-bond donors (Lipinski definition) is 1. The van der Waals surface area contributed by atoms with Crippen LogP contribution in [0.15, 0.2) is 65.3 Å². The van der Waals surface area contributed by atoms with Crippen LogP contribution in [0.5, 0.6) is 5.75 Å². The summed E-state index contributed by atoms with van der Waals surface area (Å²) in [6.07, 6.45) is -1.74. The molecule has 0 fully saturated rings. The zero-order valence-electron chi connectivity index (χ0n) is 14.5. The number of benzene rings is 1. The molecule has 0 spiro atoms. The second kappa shape index (κ2) is 7.23. The number of oxazole rings is 1. The molecule has 0 radical (unpaired) electrons. The number of pyridine rings is 2. The maximum absolute atomic E-state index is 12.3. The first-order chi connectivity index (χ1) is 13.9. The number of nitrogens with one attached hydrogen (secondary N) is 1. The average molecular weight is 400 g/mol. The van der Waals surface area contributed by atoms with E-state index in [2.05, 4.69) is 25.0 Å². The van der Waals surface area contributed by atoms with Crippen LogP contribution in [0.4, 0.5) is 19.0 Å². The van der Waals surface area contributed by atoms with E-state index in [9.17, 15) is 18.0 Å². The largest absolute Gasteiger partial charge is 0.573 e. The number of amides is 1. The lowest BCUT2D eigenvalue weighted by atomic mass is 10.2. The van der Waals surface area contributed by atoms with Crippen LogP contribution in [-0.2, 0) is 0 Å². The summed E-state index contributed by atoms with van der Waals surface area (Å²) in [5.74, 6) is -0.435. The number of fused-ring (bicyclic) bond motifs is 1. The van der Waals surface area contributed by atoms with E-state index < -0.39 is 18.0 Å². The minimum Gasteiger partial charge on any atom is -0.434 e. The van der Waals surface area contributed by atoms with E-state index in [1.54, 1.807) is 30.5 Å². The number of nitrogens with zero attached hydrogens (tertiary/aromatic N) is 3. The Hall–Kier alpha value is -3.95. The highest BCUT2D eigenvalue weighted by Crippen LogP contribution is 2.25. The van der Waals surface area contributed by atoms with E-state index in [0.29, 0.717) is 22.7 Å². The number of rotatable bonds is 4. The Bertz CT molecular complexity index is 1140. The van der Waals surface area contributed by atoms with Gasteiger partial charge in [-0.1, -0.05) is 0 Å². The molecule has 0 aliphatic heterocycles. The zero-order chi connectivity index (χ0) is 20.4. The van der Waals surface area contributed by atoms with Crippen molar-refractivity contribution < 1.29 is 27.1 Å². The third kappa shape index (κ3) is 4.32. The Labute approximate surface area is 161 Å². The summed E-state index contributed by atoms with van der Waals surface area (Å²) in [6, 6.07) is 11.2. The summed E-state index contributed by atoms with van der Waals surface area (Å²) in [4.78, 5) is 24.8. The average Bonchev–Trinajstić information content (AvgIpc) is 3.12. The Kier molecular flexibility index (Phi) is 4.59. The van der Waals surface area contributed by atoms with Crippen molar-refractivity contribution in [2.24, 2.45) is 0 Å². The van der Waals surface area contributed by atoms with Gasteiger partial charge < -0.3 is 14.5 Å². The Morgan fingerprint density at radius 3 is 2.55 bits per heavy atom.